The van der Waals surface area contributed by atoms with Crippen LogP contribution in [-0.2, 0) is 0 Å². The number of rotatable bonds is 4. The second kappa shape index (κ2) is 3.91. The predicted octanol–water partition coefficient (Wildman–Crippen LogP) is 1.86. The van der Waals surface area contributed by atoms with Crippen molar-refractivity contribution in [2.75, 3.05) is 13.7 Å². The molecule has 1 aliphatic rings. The van der Waals surface area contributed by atoms with Crippen LogP contribution in [0.3, 0.4) is 0 Å². The van der Waals surface area contributed by atoms with Crippen LogP contribution in [0.2, 0.25) is 0 Å². The van der Waals surface area contributed by atoms with Gasteiger partial charge in [0.25, 0.3) is 0 Å². The summed E-state index contributed by atoms with van der Waals surface area (Å²) in [4.78, 5) is 0. The van der Waals surface area contributed by atoms with Gasteiger partial charge in [-0.05, 0) is 37.6 Å². The van der Waals surface area contributed by atoms with Crippen molar-refractivity contribution in [2.24, 2.45) is 5.41 Å². The van der Waals surface area contributed by atoms with E-state index >= 15 is 0 Å². The summed E-state index contributed by atoms with van der Waals surface area (Å²) in [6.45, 7) is 0.162. The van der Waals surface area contributed by atoms with Gasteiger partial charge in [0, 0.05) is 11.5 Å². The summed E-state index contributed by atoms with van der Waals surface area (Å²) in [7, 11) is 1.85. The molecule has 2 N–H and O–H groups in total. The summed E-state index contributed by atoms with van der Waals surface area (Å²) in [5.74, 6) is -0.221. The van der Waals surface area contributed by atoms with Crippen molar-refractivity contribution in [1.82, 2.24) is 5.32 Å². The minimum Gasteiger partial charge on any atom is -0.396 e. The molecule has 1 aromatic rings. The molecule has 1 fully saturated rings. The summed E-state index contributed by atoms with van der Waals surface area (Å²) in [5, 5.41) is 12.5. The highest BCUT2D eigenvalue weighted by Gasteiger charge is 2.48. The second-order valence-electron chi connectivity index (χ2n) is 4.30. The van der Waals surface area contributed by atoms with Crippen LogP contribution < -0.4 is 5.32 Å². The largest absolute Gasteiger partial charge is 0.396 e. The topological polar surface area (TPSA) is 32.3 Å². The Hall–Kier alpha value is -0.930. The molecule has 3 heteroatoms. The first-order valence-corrected chi connectivity index (χ1v) is 5.25. The first kappa shape index (κ1) is 10.6. The molecule has 1 atom stereocenters. The van der Waals surface area contributed by atoms with Crippen LogP contribution in [0.5, 0.6) is 0 Å². The van der Waals surface area contributed by atoms with E-state index in [2.05, 4.69) is 5.32 Å². The van der Waals surface area contributed by atoms with E-state index in [1.54, 1.807) is 6.07 Å². The van der Waals surface area contributed by atoms with Gasteiger partial charge >= 0.3 is 0 Å². The molecular weight excluding hydrogens is 193 g/mol. The molecule has 15 heavy (non-hydrogen) atoms. The molecule has 0 saturated heterocycles. The van der Waals surface area contributed by atoms with Gasteiger partial charge in [-0.25, -0.2) is 4.39 Å². The number of halogens is 1. The van der Waals surface area contributed by atoms with Crippen molar-refractivity contribution in [1.29, 1.82) is 0 Å². The molecule has 0 heterocycles. The first-order valence-electron chi connectivity index (χ1n) is 5.25. The maximum absolute atomic E-state index is 13.1. The van der Waals surface area contributed by atoms with E-state index in [0.717, 1.165) is 18.4 Å². The molecule has 1 unspecified atom stereocenters. The summed E-state index contributed by atoms with van der Waals surface area (Å²) in [5.41, 5.74) is 0.853. The Morgan fingerprint density at radius 1 is 1.53 bits per heavy atom. The smallest absolute Gasteiger partial charge is 0.123 e. The second-order valence-corrected chi connectivity index (χ2v) is 4.30. The molecule has 82 valence electrons. The van der Waals surface area contributed by atoms with Crippen LogP contribution in [-0.4, -0.2) is 18.8 Å². The molecule has 0 amide bonds. The van der Waals surface area contributed by atoms with Gasteiger partial charge in [-0.1, -0.05) is 12.1 Å². The number of benzene rings is 1. The predicted molar refractivity (Wildman–Crippen MR) is 57.0 cm³/mol. The van der Waals surface area contributed by atoms with Crippen LogP contribution in [0.4, 0.5) is 4.39 Å². The van der Waals surface area contributed by atoms with Gasteiger partial charge in [-0.2, -0.15) is 0 Å². The normalized spacial score (nSPS) is 19.9. The van der Waals surface area contributed by atoms with Crippen molar-refractivity contribution >= 4 is 0 Å². The fourth-order valence-electron chi connectivity index (χ4n) is 2.21. The Kier molecular flexibility index (Phi) is 2.76. The highest BCUT2D eigenvalue weighted by Crippen LogP contribution is 2.54. The van der Waals surface area contributed by atoms with Crippen molar-refractivity contribution < 1.29 is 9.50 Å². The van der Waals surface area contributed by atoms with Crippen LogP contribution in [0.25, 0.3) is 0 Å². The van der Waals surface area contributed by atoms with Gasteiger partial charge in [-0.15, -0.1) is 0 Å². The van der Waals surface area contributed by atoms with Crippen molar-refractivity contribution in [3.8, 4) is 0 Å². The molecule has 0 spiro atoms. The Morgan fingerprint density at radius 2 is 2.27 bits per heavy atom. The SMILES string of the molecule is CNC(c1cccc(F)c1)C1(CO)CC1. The quantitative estimate of drug-likeness (QED) is 0.793. The molecule has 1 saturated carbocycles. The molecular formula is C12H16FNO. The Labute approximate surface area is 89.1 Å². The zero-order chi connectivity index (χ0) is 10.9. The number of nitrogens with one attached hydrogen (secondary N) is 1. The summed E-state index contributed by atoms with van der Waals surface area (Å²) < 4.78 is 13.1. The van der Waals surface area contributed by atoms with E-state index < -0.39 is 0 Å². The average molecular weight is 209 g/mol. The molecule has 1 aliphatic carbocycles. The molecule has 0 radical (unpaired) electrons. The minimum absolute atomic E-state index is 0.0539. The number of hydrogen-bond donors (Lipinski definition) is 2. The maximum atomic E-state index is 13.1. The van der Waals surface area contributed by atoms with Gasteiger partial charge in [0.2, 0.25) is 0 Å². The lowest BCUT2D eigenvalue weighted by Gasteiger charge is -2.25. The zero-order valence-corrected chi connectivity index (χ0v) is 8.83. The van der Waals surface area contributed by atoms with Crippen LogP contribution in [0.15, 0.2) is 24.3 Å². The minimum atomic E-state index is -0.221. The van der Waals surface area contributed by atoms with Crippen molar-refractivity contribution in [3.05, 3.63) is 35.6 Å². The van der Waals surface area contributed by atoms with E-state index in [-0.39, 0.29) is 23.9 Å². The van der Waals surface area contributed by atoms with Crippen LogP contribution >= 0.6 is 0 Å². The van der Waals surface area contributed by atoms with Gasteiger partial charge in [0.15, 0.2) is 0 Å². The Balaban J connectivity index is 2.27. The third-order valence-electron chi connectivity index (χ3n) is 3.29. The van der Waals surface area contributed by atoms with Crippen molar-refractivity contribution in [2.45, 2.75) is 18.9 Å². The molecule has 2 nitrogen and oxygen atoms in total. The Bertz CT molecular complexity index is 349. The fraction of sp³-hybridized carbons (Fsp3) is 0.500. The summed E-state index contributed by atoms with van der Waals surface area (Å²) in [6, 6.07) is 6.65. The fourth-order valence-corrected chi connectivity index (χ4v) is 2.21. The third-order valence-corrected chi connectivity index (χ3v) is 3.29. The van der Waals surface area contributed by atoms with Gasteiger partial charge in [-0.3, -0.25) is 0 Å². The van der Waals surface area contributed by atoms with Crippen LogP contribution in [0.1, 0.15) is 24.4 Å². The molecule has 2 rings (SSSR count). The lowest BCUT2D eigenvalue weighted by Crippen LogP contribution is -2.29. The standard InChI is InChI=1S/C12H16FNO/c1-14-11(12(8-15)5-6-12)9-3-2-4-10(13)7-9/h2-4,7,11,14-15H,5-6,8H2,1H3. The van der Waals surface area contributed by atoms with Crippen LogP contribution in [0, 0.1) is 11.2 Å². The number of aliphatic hydroxyl groups excluding tert-OH is 1. The van der Waals surface area contributed by atoms with Gasteiger partial charge in [0.1, 0.15) is 5.82 Å². The van der Waals surface area contributed by atoms with E-state index in [0.29, 0.717) is 0 Å². The van der Waals surface area contributed by atoms with E-state index in [1.165, 1.54) is 12.1 Å². The van der Waals surface area contributed by atoms with Gasteiger partial charge < -0.3 is 10.4 Å². The lowest BCUT2D eigenvalue weighted by atomic mass is 9.91. The summed E-state index contributed by atoms with van der Waals surface area (Å²) in [6.07, 6.45) is 2.01. The van der Waals surface area contributed by atoms with E-state index in [4.69, 9.17) is 0 Å². The first-order chi connectivity index (χ1) is 7.22. The molecule has 0 aromatic heterocycles. The third kappa shape index (κ3) is 1.90. The highest BCUT2D eigenvalue weighted by molar-refractivity contribution is 5.25. The van der Waals surface area contributed by atoms with Gasteiger partial charge in [0.05, 0.1) is 6.61 Å². The molecule has 0 bridgehead atoms. The lowest BCUT2D eigenvalue weighted by molar-refractivity contribution is 0.175. The highest BCUT2D eigenvalue weighted by atomic mass is 19.1. The van der Waals surface area contributed by atoms with Crippen molar-refractivity contribution in [3.63, 3.8) is 0 Å². The van der Waals surface area contributed by atoms with E-state index in [9.17, 15) is 9.50 Å². The summed E-state index contributed by atoms with van der Waals surface area (Å²) >= 11 is 0. The zero-order valence-electron chi connectivity index (χ0n) is 8.83. The number of aliphatic hydroxyl groups is 1. The maximum Gasteiger partial charge on any atom is 0.123 e. The molecule has 1 aromatic carbocycles. The Morgan fingerprint density at radius 3 is 2.73 bits per heavy atom. The monoisotopic (exact) mass is 209 g/mol. The number of hydrogen-bond acceptors (Lipinski definition) is 2. The average Bonchev–Trinajstić information content (AvgIpc) is 3.00. The molecule has 0 aliphatic heterocycles. The van der Waals surface area contributed by atoms with E-state index in [1.807, 2.05) is 13.1 Å².